The summed E-state index contributed by atoms with van der Waals surface area (Å²) >= 11 is 0. The van der Waals surface area contributed by atoms with Crippen LogP contribution in [0, 0.1) is 0 Å². The zero-order valence-corrected chi connectivity index (χ0v) is 16.4. The van der Waals surface area contributed by atoms with Crippen LogP contribution < -0.4 is 5.43 Å². The van der Waals surface area contributed by atoms with Gasteiger partial charge in [0.15, 0.2) is 11.0 Å². The Bertz CT molecular complexity index is 1440. The summed E-state index contributed by atoms with van der Waals surface area (Å²) in [7, 11) is 0. The summed E-state index contributed by atoms with van der Waals surface area (Å²) < 4.78 is 6.15. The number of phenols is 2. The molecule has 0 aliphatic heterocycles. The van der Waals surface area contributed by atoms with Crippen LogP contribution in [0.3, 0.4) is 0 Å². The first kappa shape index (κ1) is 18.7. The molecule has 5 aromatic rings. The topological polar surface area (TPSA) is 70.7 Å². The number of benzene rings is 4. The highest BCUT2D eigenvalue weighted by atomic mass is 16.3. The molecule has 5 rings (SSSR count). The molecule has 0 fully saturated rings. The van der Waals surface area contributed by atoms with Crippen molar-refractivity contribution < 1.29 is 14.6 Å². The van der Waals surface area contributed by atoms with Crippen molar-refractivity contribution in [1.82, 2.24) is 0 Å². The molecule has 0 aliphatic carbocycles. The number of fused-ring (bicyclic) bond motifs is 1. The molecule has 4 heteroatoms. The van der Waals surface area contributed by atoms with Gasteiger partial charge >= 0.3 is 0 Å². The van der Waals surface area contributed by atoms with E-state index >= 15 is 0 Å². The zero-order valence-electron chi connectivity index (χ0n) is 16.4. The van der Waals surface area contributed by atoms with Crippen molar-refractivity contribution >= 4 is 11.0 Å². The van der Waals surface area contributed by atoms with Crippen molar-refractivity contribution in [2.75, 3.05) is 0 Å². The van der Waals surface area contributed by atoms with Crippen LogP contribution in [0.15, 0.2) is 106 Å². The second-order valence-electron chi connectivity index (χ2n) is 7.22. The highest BCUT2D eigenvalue weighted by Gasteiger charge is 2.25. The van der Waals surface area contributed by atoms with Gasteiger partial charge in [0.1, 0.15) is 22.6 Å². The van der Waals surface area contributed by atoms with E-state index in [-0.39, 0.29) is 33.5 Å². The van der Waals surface area contributed by atoms with Gasteiger partial charge in [0.25, 0.3) is 0 Å². The van der Waals surface area contributed by atoms with Crippen LogP contribution in [0.2, 0.25) is 0 Å². The molecule has 0 radical (unpaired) electrons. The molecule has 0 saturated heterocycles. The Labute approximate surface area is 178 Å². The molecule has 150 valence electrons. The number of hydrogen-bond acceptors (Lipinski definition) is 4. The zero-order chi connectivity index (χ0) is 21.4. The Morgan fingerprint density at radius 1 is 0.581 bits per heavy atom. The van der Waals surface area contributed by atoms with Gasteiger partial charge in [-0.1, -0.05) is 91.0 Å². The second kappa shape index (κ2) is 7.50. The lowest BCUT2D eigenvalue weighted by atomic mass is 9.93. The van der Waals surface area contributed by atoms with Gasteiger partial charge in [0, 0.05) is 11.6 Å². The van der Waals surface area contributed by atoms with Crippen molar-refractivity contribution in [3.05, 3.63) is 107 Å². The number of rotatable bonds is 3. The fourth-order valence-corrected chi connectivity index (χ4v) is 3.86. The molecule has 2 N–H and O–H groups in total. The third kappa shape index (κ3) is 3.15. The lowest BCUT2D eigenvalue weighted by Gasteiger charge is -2.16. The molecule has 0 amide bonds. The Morgan fingerprint density at radius 3 is 1.61 bits per heavy atom. The first-order valence-corrected chi connectivity index (χ1v) is 9.87. The van der Waals surface area contributed by atoms with Gasteiger partial charge in [-0.2, -0.15) is 0 Å². The molecule has 0 unspecified atom stereocenters. The summed E-state index contributed by atoms with van der Waals surface area (Å²) in [5, 5.41) is 22.4. The number of aromatic hydroxyl groups is 2. The van der Waals surface area contributed by atoms with E-state index in [9.17, 15) is 15.0 Å². The Morgan fingerprint density at radius 2 is 1.06 bits per heavy atom. The van der Waals surface area contributed by atoms with Crippen LogP contribution in [0.1, 0.15) is 0 Å². The van der Waals surface area contributed by atoms with Crippen molar-refractivity contribution in [1.29, 1.82) is 0 Å². The molecule has 31 heavy (non-hydrogen) atoms. The SMILES string of the molecule is O=c1cc(-c2ccccc2)oc2c(-c3ccccc3)c(O)c(-c3ccccc3)c(O)c12. The Balaban J connectivity index is 1.94. The monoisotopic (exact) mass is 406 g/mol. The predicted molar refractivity (Wildman–Crippen MR) is 122 cm³/mol. The quantitative estimate of drug-likeness (QED) is 0.374. The van der Waals surface area contributed by atoms with Gasteiger partial charge in [-0.05, 0) is 11.1 Å². The lowest BCUT2D eigenvalue weighted by Crippen LogP contribution is -2.03. The van der Waals surface area contributed by atoms with E-state index in [0.29, 0.717) is 22.5 Å². The minimum atomic E-state index is -0.382. The third-order valence-electron chi connectivity index (χ3n) is 5.31. The van der Waals surface area contributed by atoms with E-state index in [4.69, 9.17) is 4.42 Å². The van der Waals surface area contributed by atoms with Crippen LogP contribution in [0.5, 0.6) is 11.5 Å². The first-order chi connectivity index (χ1) is 15.1. The number of hydrogen-bond donors (Lipinski definition) is 2. The third-order valence-corrected chi connectivity index (χ3v) is 5.31. The van der Waals surface area contributed by atoms with Crippen molar-refractivity contribution in [3.8, 4) is 45.1 Å². The lowest BCUT2D eigenvalue weighted by molar-refractivity contribution is 0.457. The van der Waals surface area contributed by atoms with Crippen LogP contribution in [0.4, 0.5) is 0 Å². The molecule has 0 bridgehead atoms. The van der Waals surface area contributed by atoms with Gasteiger partial charge in [0.2, 0.25) is 0 Å². The predicted octanol–water partition coefficient (Wildman–Crippen LogP) is 6.21. The standard InChI is InChI=1S/C27H18O4/c28-20-16-21(17-10-4-1-5-11-17)31-27-23(19-14-8-3-9-15-19)25(29)22(26(30)24(20)27)18-12-6-2-7-13-18/h1-16,29-30H. The average Bonchev–Trinajstić information content (AvgIpc) is 2.81. The minimum Gasteiger partial charge on any atom is -0.506 e. The van der Waals surface area contributed by atoms with E-state index in [0.717, 1.165) is 5.56 Å². The highest BCUT2D eigenvalue weighted by molar-refractivity contribution is 6.06. The van der Waals surface area contributed by atoms with Crippen LogP contribution in [-0.4, -0.2) is 10.2 Å². The smallest absolute Gasteiger partial charge is 0.197 e. The maximum Gasteiger partial charge on any atom is 0.197 e. The molecule has 4 aromatic carbocycles. The molecule has 1 aromatic heterocycles. The molecule has 0 atom stereocenters. The Hall–Kier alpha value is -4.31. The molecule has 0 saturated carbocycles. The molecular formula is C27H18O4. The fourth-order valence-electron chi connectivity index (χ4n) is 3.86. The molecule has 1 heterocycles. The fraction of sp³-hybridized carbons (Fsp3) is 0. The van der Waals surface area contributed by atoms with Crippen LogP contribution in [0.25, 0.3) is 44.5 Å². The van der Waals surface area contributed by atoms with Gasteiger partial charge in [-0.15, -0.1) is 0 Å². The molecular weight excluding hydrogens is 388 g/mol. The normalized spacial score (nSPS) is 11.0. The Kier molecular flexibility index (Phi) is 4.53. The van der Waals surface area contributed by atoms with E-state index in [1.54, 1.807) is 12.1 Å². The highest BCUT2D eigenvalue weighted by Crippen LogP contribution is 2.49. The van der Waals surface area contributed by atoms with Crippen LogP contribution in [-0.2, 0) is 0 Å². The van der Waals surface area contributed by atoms with Crippen molar-refractivity contribution in [2.24, 2.45) is 0 Å². The maximum atomic E-state index is 13.2. The number of phenolic OH excluding ortho intramolecular Hbond substituents is 2. The molecule has 0 spiro atoms. The van der Waals surface area contributed by atoms with Crippen molar-refractivity contribution in [3.63, 3.8) is 0 Å². The summed E-state index contributed by atoms with van der Waals surface area (Å²) in [5.74, 6) is -0.0796. The van der Waals surface area contributed by atoms with Gasteiger partial charge in [-0.3, -0.25) is 4.79 Å². The maximum absolute atomic E-state index is 13.2. The van der Waals surface area contributed by atoms with Gasteiger partial charge < -0.3 is 14.6 Å². The van der Waals surface area contributed by atoms with E-state index in [1.807, 2.05) is 78.9 Å². The van der Waals surface area contributed by atoms with E-state index < -0.39 is 0 Å². The summed E-state index contributed by atoms with van der Waals surface area (Å²) in [6.45, 7) is 0. The summed E-state index contributed by atoms with van der Waals surface area (Å²) in [5.41, 5.74) is 2.33. The van der Waals surface area contributed by atoms with E-state index in [2.05, 4.69) is 0 Å². The average molecular weight is 406 g/mol. The van der Waals surface area contributed by atoms with Crippen molar-refractivity contribution in [2.45, 2.75) is 0 Å². The van der Waals surface area contributed by atoms with E-state index in [1.165, 1.54) is 6.07 Å². The van der Waals surface area contributed by atoms with Gasteiger partial charge in [0.05, 0.1) is 11.1 Å². The van der Waals surface area contributed by atoms with Crippen LogP contribution >= 0.6 is 0 Å². The minimum absolute atomic E-state index is 0.0372. The first-order valence-electron chi connectivity index (χ1n) is 9.87. The summed E-state index contributed by atoms with van der Waals surface area (Å²) in [6.07, 6.45) is 0. The molecule has 4 nitrogen and oxygen atoms in total. The molecule has 0 aliphatic rings. The largest absolute Gasteiger partial charge is 0.506 e. The summed E-state index contributed by atoms with van der Waals surface area (Å²) in [4.78, 5) is 13.2. The second-order valence-corrected chi connectivity index (χ2v) is 7.22. The summed E-state index contributed by atoms with van der Waals surface area (Å²) in [6, 6.07) is 28.8. The van der Waals surface area contributed by atoms with Gasteiger partial charge in [-0.25, -0.2) is 0 Å².